The van der Waals surface area contributed by atoms with Gasteiger partial charge >= 0.3 is 0 Å². The van der Waals surface area contributed by atoms with Crippen LogP contribution in [0.3, 0.4) is 0 Å². The van der Waals surface area contributed by atoms with Crippen molar-refractivity contribution < 1.29 is 4.74 Å². The topological polar surface area (TPSA) is 21.3 Å². The molecule has 2 nitrogen and oxygen atoms in total. The van der Waals surface area contributed by atoms with E-state index in [1.165, 1.54) is 45.2 Å². The van der Waals surface area contributed by atoms with Gasteiger partial charge in [-0.05, 0) is 51.1 Å². The number of ether oxygens (including phenoxy) is 1. The van der Waals surface area contributed by atoms with Gasteiger partial charge < -0.3 is 10.1 Å². The number of rotatable bonds is 0. The molecule has 0 aromatic carbocycles. The van der Waals surface area contributed by atoms with Crippen molar-refractivity contribution in [1.29, 1.82) is 0 Å². The molecule has 0 aromatic rings. The zero-order chi connectivity index (χ0) is 9.36. The molecule has 2 rings (SSSR count). The van der Waals surface area contributed by atoms with Crippen LogP contribution in [0.5, 0.6) is 0 Å². The van der Waals surface area contributed by atoms with Crippen LogP contribution in [0.25, 0.3) is 0 Å². The third-order valence-corrected chi connectivity index (χ3v) is 2.71. The van der Waals surface area contributed by atoms with Gasteiger partial charge in [0.1, 0.15) is 0 Å². The van der Waals surface area contributed by atoms with Crippen molar-refractivity contribution in [3.8, 4) is 0 Å². The van der Waals surface area contributed by atoms with E-state index in [2.05, 4.69) is 12.2 Å². The van der Waals surface area contributed by atoms with E-state index in [-0.39, 0.29) is 0 Å². The summed E-state index contributed by atoms with van der Waals surface area (Å²) in [6.07, 6.45) is 6.68. The highest BCUT2D eigenvalue weighted by atomic mass is 16.5. The maximum atomic E-state index is 5.07. The van der Waals surface area contributed by atoms with E-state index in [1.807, 2.05) is 0 Å². The first kappa shape index (κ1) is 11.0. The largest absolute Gasteiger partial charge is 0.381 e. The smallest absolute Gasteiger partial charge is 0.0466 e. The van der Waals surface area contributed by atoms with E-state index in [9.17, 15) is 0 Å². The average molecular weight is 185 g/mol. The molecule has 0 saturated carbocycles. The molecule has 0 bridgehead atoms. The Morgan fingerprint density at radius 3 is 1.85 bits per heavy atom. The predicted molar refractivity (Wildman–Crippen MR) is 55.9 cm³/mol. The monoisotopic (exact) mass is 185 g/mol. The van der Waals surface area contributed by atoms with Gasteiger partial charge in [-0.25, -0.2) is 0 Å². The molecule has 0 amide bonds. The van der Waals surface area contributed by atoms with Crippen molar-refractivity contribution in [1.82, 2.24) is 5.32 Å². The highest BCUT2D eigenvalue weighted by molar-refractivity contribution is 4.62. The Hall–Kier alpha value is -0.0800. The van der Waals surface area contributed by atoms with Gasteiger partial charge in [0.2, 0.25) is 0 Å². The maximum Gasteiger partial charge on any atom is 0.0466 e. The second kappa shape index (κ2) is 7.34. The molecule has 0 atom stereocenters. The van der Waals surface area contributed by atoms with Crippen LogP contribution in [0.4, 0.5) is 0 Å². The van der Waals surface area contributed by atoms with E-state index in [0.29, 0.717) is 0 Å². The van der Waals surface area contributed by atoms with Gasteiger partial charge in [0.05, 0.1) is 0 Å². The summed E-state index contributed by atoms with van der Waals surface area (Å²) in [4.78, 5) is 0. The Morgan fingerprint density at radius 1 is 1.00 bits per heavy atom. The second-order valence-electron chi connectivity index (χ2n) is 4.11. The van der Waals surface area contributed by atoms with Gasteiger partial charge in [-0.2, -0.15) is 0 Å². The molecule has 2 aliphatic heterocycles. The van der Waals surface area contributed by atoms with Crippen molar-refractivity contribution in [3.63, 3.8) is 0 Å². The van der Waals surface area contributed by atoms with Crippen LogP contribution in [-0.4, -0.2) is 26.3 Å². The molecule has 0 spiro atoms. The van der Waals surface area contributed by atoms with Crippen LogP contribution in [0.1, 0.15) is 39.0 Å². The summed E-state index contributed by atoms with van der Waals surface area (Å²) in [6, 6.07) is 0. The van der Waals surface area contributed by atoms with Crippen LogP contribution in [-0.2, 0) is 4.74 Å². The van der Waals surface area contributed by atoms with Crippen LogP contribution in [0, 0.1) is 5.92 Å². The summed E-state index contributed by atoms with van der Waals surface area (Å²) < 4.78 is 5.07. The molecule has 13 heavy (non-hydrogen) atoms. The highest BCUT2D eigenvalue weighted by Crippen LogP contribution is 2.08. The van der Waals surface area contributed by atoms with Gasteiger partial charge in [-0.3, -0.25) is 0 Å². The fourth-order valence-corrected chi connectivity index (χ4v) is 1.65. The Morgan fingerprint density at radius 2 is 1.62 bits per heavy atom. The third-order valence-electron chi connectivity index (χ3n) is 2.71. The summed E-state index contributed by atoms with van der Waals surface area (Å²) in [5.74, 6) is 0.973. The number of hydrogen-bond acceptors (Lipinski definition) is 2. The van der Waals surface area contributed by atoms with Crippen LogP contribution >= 0.6 is 0 Å². The molecule has 0 unspecified atom stereocenters. The lowest BCUT2D eigenvalue weighted by molar-refractivity contribution is 0.0968. The predicted octanol–water partition coefficient (Wildman–Crippen LogP) is 2.19. The summed E-state index contributed by atoms with van der Waals surface area (Å²) in [6.45, 7) is 6.79. The first-order chi connectivity index (χ1) is 6.39. The standard InChI is InChI=1S/C6H13N.C5H10O/c1-6-2-4-7-5-3-6;1-2-4-6-5-3-1/h6-7H,2-5H2,1H3;1-5H2. The summed E-state index contributed by atoms with van der Waals surface area (Å²) in [5, 5.41) is 3.32. The fraction of sp³-hybridized carbons (Fsp3) is 1.00. The first-order valence-electron chi connectivity index (χ1n) is 5.68. The maximum absolute atomic E-state index is 5.07. The summed E-state index contributed by atoms with van der Waals surface area (Å²) in [7, 11) is 0. The molecule has 2 saturated heterocycles. The van der Waals surface area contributed by atoms with E-state index in [1.54, 1.807) is 0 Å². The first-order valence-corrected chi connectivity index (χ1v) is 5.68. The lowest BCUT2D eigenvalue weighted by Crippen LogP contribution is -2.26. The molecule has 78 valence electrons. The molecule has 2 heteroatoms. The van der Waals surface area contributed by atoms with E-state index < -0.39 is 0 Å². The van der Waals surface area contributed by atoms with E-state index in [4.69, 9.17) is 4.74 Å². The van der Waals surface area contributed by atoms with Gasteiger partial charge in [0.15, 0.2) is 0 Å². The summed E-state index contributed by atoms with van der Waals surface area (Å²) >= 11 is 0. The van der Waals surface area contributed by atoms with Crippen LogP contribution in [0.2, 0.25) is 0 Å². The highest BCUT2D eigenvalue weighted by Gasteiger charge is 2.05. The van der Waals surface area contributed by atoms with Crippen molar-refractivity contribution in [2.24, 2.45) is 5.92 Å². The lowest BCUT2D eigenvalue weighted by Gasteiger charge is -2.17. The Kier molecular flexibility index (Phi) is 6.21. The lowest BCUT2D eigenvalue weighted by atomic mass is 10.0. The number of hydrogen-bond donors (Lipinski definition) is 1. The minimum atomic E-state index is 0.973. The third kappa shape index (κ3) is 6.05. The normalized spacial score (nSPS) is 24.7. The minimum absolute atomic E-state index is 0.973. The quantitative estimate of drug-likeness (QED) is 0.624. The second-order valence-corrected chi connectivity index (χ2v) is 4.11. The van der Waals surface area contributed by atoms with Crippen LogP contribution < -0.4 is 5.32 Å². The SMILES string of the molecule is C1CCOCC1.CC1CCNCC1. The number of piperidine rings is 1. The van der Waals surface area contributed by atoms with Crippen molar-refractivity contribution >= 4 is 0 Å². The van der Waals surface area contributed by atoms with Crippen LogP contribution in [0.15, 0.2) is 0 Å². The van der Waals surface area contributed by atoms with Gasteiger partial charge in [-0.15, -0.1) is 0 Å². The molecule has 2 fully saturated rings. The summed E-state index contributed by atoms with van der Waals surface area (Å²) in [5.41, 5.74) is 0. The van der Waals surface area contributed by atoms with Crippen molar-refractivity contribution in [2.45, 2.75) is 39.0 Å². The molecule has 1 N–H and O–H groups in total. The molecule has 0 aromatic heterocycles. The van der Waals surface area contributed by atoms with E-state index >= 15 is 0 Å². The Bertz CT molecular complexity index is 95.1. The molecule has 0 radical (unpaired) electrons. The molecular weight excluding hydrogens is 162 g/mol. The van der Waals surface area contributed by atoms with Crippen molar-refractivity contribution in [3.05, 3.63) is 0 Å². The minimum Gasteiger partial charge on any atom is -0.381 e. The Balaban J connectivity index is 0.000000132. The van der Waals surface area contributed by atoms with Gasteiger partial charge in [0.25, 0.3) is 0 Å². The van der Waals surface area contributed by atoms with Gasteiger partial charge in [-0.1, -0.05) is 6.92 Å². The van der Waals surface area contributed by atoms with E-state index in [0.717, 1.165) is 19.1 Å². The molecule has 0 aliphatic carbocycles. The van der Waals surface area contributed by atoms with Crippen molar-refractivity contribution in [2.75, 3.05) is 26.3 Å². The Labute approximate surface area is 82.0 Å². The molecular formula is C11H23NO. The zero-order valence-corrected chi connectivity index (χ0v) is 8.85. The molecule has 2 aliphatic rings. The fourth-order valence-electron chi connectivity index (χ4n) is 1.65. The molecule has 2 heterocycles. The average Bonchev–Trinajstić information content (AvgIpc) is 2.22. The number of nitrogens with one attached hydrogen (secondary N) is 1. The van der Waals surface area contributed by atoms with Gasteiger partial charge in [0, 0.05) is 13.2 Å². The zero-order valence-electron chi connectivity index (χ0n) is 8.85.